The fraction of sp³-hybridized carbons (Fsp3) is 1.00. The summed E-state index contributed by atoms with van der Waals surface area (Å²) in [6.45, 7) is 3.86. The Morgan fingerprint density at radius 3 is 2.00 bits per heavy atom. The monoisotopic (exact) mass is 235 g/mol. The van der Waals surface area contributed by atoms with Crippen LogP contribution in [0, 0.1) is 0 Å². The standard InChI is InChI=1S/C8H16NO2P.2Na/c1-2-8(12(10)11)9-6-4-3-5-7-9;;/h8H,2-7H2,1H3;;/q-2;2*+1. The third-order valence-corrected chi connectivity index (χ3v) is 3.60. The Hall–Kier alpha value is 2.31. The first-order valence-corrected chi connectivity index (χ1v) is 5.88. The molecule has 0 aliphatic carbocycles. The topological polar surface area (TPSA) is 49.4 Å². The average molecular weight is 235 g/mol. The van der Waals surface area contributed by atoms with Gasteiger partial charge in [-0.25, -0.2) is 0 Å². The SMILES string of the molecule is CCC(N1CCCCC1)P([O-])[O-].[Na+].[Na+]. The van der Waals surface area contributed by atoms with Gasteiger partial charge in [0.15, 0.2) is 0 Å². The van der Waals surface area contributed by atoms with E-state index in [1.165, 1.54) is 6.42 Å². The van der Waals surface area contributed by atoms with E-state index in [1.807, 2.05) is 6.92 Å². The molecule has 0 aromatic heterocycles. The summed E-state index contributed by atoms with van der Waals surface area (Å²) in [6.07, 6.45) is 4.28. The van der Waals surface area contributed by atoms with Gasteiger partial charge < -0.3 is 9.79 Å². The van der Waals surface area contributed by atoms with Crippen molar-refractivity contribution in [1.29, 1.82) is 0 Å². The molecule has 1 atom stereocenters. The Kier molecular flexibility index (Phi) is 14.0. The zero-order chi connectivity index (χ0) is 8.97. The number of rotatable bonds is 3. The largest absolute Gasteiger partial charge is 1.00 e. The first kappa shape index (κ1) is 18.7. The van der Waals surface area contributed by atoms with Gasteiger partial charge in [-0.15, -0.1) is 0 Å². The van der Waals surface area contributed by atoms with E-state index >= 15 is 0 Å². The minimum absolute atomic E-state index is 0. The minimum Gasteiger partial charge on any atom is -0.840 e. The van der Waals surface area contributed by atoms with Gasteiger partial charge in [-0.1, -0.05) is 13.3 Å². The van der Waals surface area contributed by atoms with Gasteiger partial charge in [0.05, 0.1) is 0 Å². The van der Waals surface area contributed by atoms with Crippen molar-refractivity contribution in [1.82, 2.24) is 4.90 Å². The molecule has 1 saturated heterocycles. The molecule has 0 aromatic rings. The first-order valence-electron chi connectivity index (χ1n) is 4.63. The summed E-state index contributed by atoms with van der Waals surface area (Å²) in [5.41, 5.74) is 0. The van der Waals surface area contributed by atoms with Crippen LogP contribution in [0.3, 0.4) is 0 Å². The Morgan fingerprint density at radius 1 is 1.14 bits per heavy atom. The van der Waals surface area contributed by atoms with Gasteiger partial charge in [0.1, 0.15) is 0 Å². The zero-order valence-electron chi connectivity index (χ0n) is 9.53. The van der Waals surface area contributed by atoms with E-state index in [4.69, 9.17) is 0 Å². The van der Waals surface area contributed by atoms with Crippen LogP contribution in [0.2, 0.25) is 0 Å². The molecule has 0 radical (unpaired) electrons. The van der Waals surface area contributed by atoms with Crippen LogP contribution in [0.4, 0.5) is 0 Å². The van der Waals surface area contributed by atoms with Crippen LogP contribution in [0.15, 0.2) is 0 Å². The van der Waals surface area contributed by atoms with Gasteiger partial charge in [-0.2, -0.15) is 0 Å². The average Bonchev–Trinajstić information content (AvgIpc) is 2.07. The van der Waals surface area contributed by atoms with Crippen LogP contribution in [0.1, 0.15) is 32.6 Å². The second-order valence-corrected chi connectivity index (χ2v) is 4.44. The molecular formula is C8H16NNa2O2P. The Morgan fingerprint density at radius 2 is 1.64 bits per heavy atom. The minimum atomic E-state index is -2.26. The van der Waals surface area contributed by atoms with Gasteiger partial charge in [0, 0.05) is 0 Å². The predicted octanol–water partition coefficient (Wildman–Crippen LogP) is -5.75. The summed E-state index contributed by atoms with van der Waals surface area (Å²) in [5, 5.41) is 0. The zero-order valence-corrected chi connectivity index (χ0v) is 14.4. The second-order valence-electron chi connectivity index (χ2n) is 3.27. The molecule has 0 saturated carbocycles. The molecule has 6 heteroatoms. The molecule has 14 heavy (non-hydrogen) atoms. The summed E-state index contributed by atoms with van der Waals surface area (Å²) in [6, 6.07) is 0. The molecule has 1 aliphatic heterocycles. The number of nitrogens with zero attached hydrogens (tertiary/aromatic N) is 1. The fourth-order valence-corrected chi connectivity index (χ4v) is 2.55. The second kappa shape index (κ2) is 10.5. The van der Waals surface area contributed by atoms with E-state index in [0.717, 1.165) is 32.4 Å². The van der Waals surface area contributed by atoms with Crippen molar-refractivity contribution in [2.75, 3.05) is 13.1 Å². The molecule has 1 fully saturated rings. The molecule has 0 aromatic carbocycles. The smallest absolute Gasteiger partial charge is 0.840 e. The van der Waals surface area contributed by atoms with Crippen LogP contribution in [-0.2, 0) is 0 Å². The molecule has 0 bridgehead atoms. The number of likely N-dealkylation sites (tertiary alicyclic amines) is 1. The molecule has 0 N–H and O–H groups in total. The van der Waals surface area contributed by atoms with Gasteiger partial charge in [-0.05, 0) is 38.1 Å². The number of hydrogen-bond donors (Lipinski definition) is 0. The van der Waals surface area contributed by atoms with Crippen molar-refractivity contribution >= 4 is 8.38 Å². The maximum absolute atomic E-state index is 10.8. The van der Waals surface area contributed by atoms with Crippen LogP contribution < -0.4 is 68.9 Å². The first-order chi connectivity index (χ1) is 5.75. The summed E-state index contributed by atoms with van der Waals surface area (Å²) in [4.78, 5) is 23.7. The molecular weight excluding hydrogens is 219 g/mol. The molecule has 1 rings (SSSR count). The summed E-state index contributed by atoms with van der Waals surface area (Å²) < 4.78 is 0. The van der Waals surface area contributed by atoms with Crippen LogP contribution in [0.5, 0.6) is 0 Å². The van der Waals surface area contributed by atoms with E-state index in [2.05, 4.69) is 4.90 Å². The molecule has 0 amide bonds. The fourth-order valence-electron chi connectivity index (χ4n) is 1.76. The quantitative estimate of drug-likeness (QED) is 0.362. The molecule has 0 spiro atoms. The van der Waals surface area contributed by atoms with Gasteiger partial charge in [0.2, 0.25) is 0 Å². The van der Waals surface area contributed by atoms with Gasteiger partial charge in [-0.3, -0.25) is 13.3 Å². The van der Waals surface area contributed by atoms with E-state index in [9.17, 15) is 9.79 Å². The maximum Gasteiger partial charge on any atom is 1.00 e. The van der Waals surface area contributed by atoms with E-state index < -0.39 is 8.38 Å². The Labute approximate surface area is 132 Å². The van der Waals surface area contributed by atoms with E-state index in [-0.39, 0.29) is 64.9 Å². The Balaban J connectivity index is 0. The van der Waals surface area contributed by atoms with Crippen LogP contribution >= 0.6 is 8.38 Å². The third-order valence-electron chi connectivity index (χ3n) is 2.42. The molecule has 1 aliphatic rings. The van der Waals surface area contributed by atoms with Gasteiger partial charge in [0.25, 0.3) is 0 Å². The van der Waals surface area contributed by atoms with Crippen molar-refractivity contribution in [2.24, 2.45) is 0 Å². The number of piperidine rings is 1. The van der Waals surface area contributed by atoms with E-state index in [0.29, 0.717) is 0 Å². The maximum atomic E-state index is 10.8. The van der Waals surface area contributed by atoms with Crippen molar-refractivity contribution in [3.05, 3.63) is 0 Å². The van der Waals surface area contributed by atoms with Crippen molar-refractivity contribution < 1.29 is 68.9 Å². The number of hydrogen-bond acceptors (Lipinski definition) is 3. The summed E-state index contributed by atoms with van der Waals surface area (Å²) in [5.74, 6) is -0.208. The van der Waals surface area contributed by atoms with Crippen LogP contribution in [-0.4, -0.2) is 23.8 Å². The van der Waals surface area contributed by atoms with E-state index in [1.54, 1.807) is 0 Å². The molecule has 1 heterocycles. The van der Waals surface area contributed by atoms with Crippen molar-refractivity contribution in [3.8, 4) is 0 Å². The van der Waals surface area contributed by atoms with Crippen LogP contribution in [0.25, 0.3) is 0 Å². The molecule has 1 unspecified atom stereocenters. The molecule has 72 valence electrons. The summed E-state index contributed by atoms with van der Waals surface area (Å²) in [7, 11) is -2.26. The normalized spacial score (nSPS) is 19.7. The Bertz CT molecular complexity index is 135. The third kappa shape index (κ3) is 6.15. The van der Waals surface area contributed by atoms with Crippen molar-refractivity contribution in [2.45, 2.75) is 38.4 Å². The van der Waals surface area contributed by atoms with Crippen molar-refractivity contribution in [3.63, 3.8) is 0 Å². The molecule has 3 nitrogen and oxygen atoms in total. The van der Waals surface area contributed by atoms with Gasteiger partial charge >= 0.3 is 59.1 Å². The predicted molar refractivity (Wildman–Crippen MR) is 46.4 cm³/mol. The summed E-state index contributed by atoms with van der Waals surface area (Å²) >= 11 is 0.